The highest BCUT2D eigenvalue weighted by molar-refractivity contribution is 7.17. The minimum Gasteiger partial charge on any atom is -0.497 e. The number of rotatable bonds is 6. The lowest BCUT2D eigenvalue weighted by Crippen LogP contribution is -1.95. The van der Waals surface area contributed by atoms with Gasteiger partial charge < -0.3 is 9.84 Å². The molecule has 0 aliphatic carbocycles. The largest absolute Gasteiger partial charge is 0.497 e. The quantitative estimate of drug-likeness (QED) is 0.288. The van der Waals surface area contributed by atoms with Crippen LogP contribution < -0.4 is 4.74 Å². The molecule has 0 atom stereocenters. The first kappa shape index (κ1) is 21.9. The van der Waals surface area contributed by atoms with Gasteiger partial charge in [0.05, 0.1) is 24.1 Å². The summed E-state index contributed by atoms with van der Waals surface area (Å²) in [5.41, 5.74) is 4.27. The van der Waals surface area contributed by atoms with E-state index >= 15 is 0 Å². The van der Waals surface area contributed by atoms with Crippen LogP contribution in [0.25, 0.3) is 38.8 Å². The van der Waals surface area contributed by atoms with Crippen LogP contribution in [-0.4, -0.2) is 33.0 Å². The van der Waals surface area contributed by atoms with E-state index in [-0.39, 0.29) is 4.88 Å². The third kappa shape index (κ3) is 4.19. The molecule has 1 N–H and O–H groups in total. The highest BCUT2D eigenvalue weighted by Crippen LogP contribution is 2.39. The molecule has 0 saturated heterocycles. The topological polar surface area (TPSA) is 77.2 Å². The third-order valence-electron chi connectivity index (χ3n) is 5.27. The number of carboxylic acids is 1. The Kier molecular flexibility index (Phi) is 5.88. The number of ether oxygens (including phenoxy) is 1. The molecule has 34 heavy (non-hydrogen) atoms. The smallest absolute Gasteiger partial charge is 0.348 e. The van der Waals surface area contributed by atoms with Crippen LogP contribution in [0.15, 0.2) is 85.1 Å². The second-order valence-corrected chi connectivity index (χ2v) is 8.84. The molecule has 3 aromatic carbocycles. The molecule has 0 amide bonds. The molecule has 5 rings (SSSR count). The van der Waals surface area contributed by atoms with Crippen LogP contribution in [0.3, 0.4) is 0 Å². The number of hydrogen-bond donors (Lipinski definition) is 1. The Morgan fingerprint density at radius 2 is 1.59 bits per heavy atom. The first-order valence-electron chi connectivity index (χ1n) is 10.3. The Bertz CT molecular complexity index is 1460. The maximum Gasteiger partial charge on any atom is 0.348 e. The molecule has 6 nitrogen and oxygen atoms in total. The van der Waals surface area contributed by atoms with Crippen molar-refractivity contribution in [2.24, 2.45) is 0 Å². The van der Waals surface area contributed by atoms with Crippen molar-refractivity contribution < 1.29 is 14.6 Å². The summed E-state index contributed by atoms with van der Waals surface area (Å²) in [6, 6.07) is 24.3. The molecule has 0 aliphatic heterocycles. The molecule has 8 heteroatoms. The number of benzene rings is 3. The van der Waals surface area contributed by atoms with Crippen LogP contribution in [0.4, 0.5) is 0 Å². The fourth-order valence-electron chi connectivity index (χ4n) is 3.59. The third-order valence-corrected chi connectivity index (χ3v) is 6.60. The molecule has 0 bridgehead atoms. The number of thiazole rings is 1. The lowest BCUT2D eigenvalue weighted by molar-refractivity contribution is 0.0702. The molecular formula is C26H18ClN3O3S. The highest BCUT2D eigenvalue weighted by Gasteiger charge is 2.23. The lowest BCUT2D eigenvalue weighted by atomic mass is 10.1. The van der Waals surface area contributed by atoms with Gasteiger partial charge in [0.15, 0.2) is 0 Å². The number of carboxylic acid groups (broad SMARTS) is 1. The number of hydrogen-bond acceptors (Lipinski definition) is 5. The number of para-hydroxylation sites is 1. The zero-order valence-corrected chi connectivity index (χ0v) is 19.5. The number of aromatic nitrogens is 3. The van der Waals surface area contributed by atoms with Crippen LogP contribution >= 0.6 is 22.9 Å². The van der Waals surface area contributed by atoms with E-state index < -0.39 is 5.97 Å². The Hall–Kier alpha value is -3.94. The second-order valence-electron chi connectivity index (χ2n) is 7.41. The Labute approximate surface area is 204 Å². The van der Waals surface area contributed by atoms with Crippen molar-refractivity contribution >= 4 is 28.9 Å². The Morgan fingerprint density at radius 1 is 0.941 bits per heavy atom. The summed E-state index contributed by atoms with van der Waals surface area (Å²) in [7, 11) is 1.62. The first-order chi connectivity index (χ1) is 16.5. The van der Waals surface area contributed by atoms with Gasteiger partial charge in [-0.05, 0) is 48.5 Å². The molecule has 2 heterocycles. The fraction of sp³-hybridized carbons (Fsp3) is 0.0385. The molecule has 2 aromatic heterocycles. The predicted octanol–water partition coefficient (Wildman–Crippen LogP) is 6.69. The van der Waals surface area contributed by atoms with Gasteiger partial charge in [-0.25, -0.2) is 14.5 Å². The summed E-state index contributed by atoms with van der Waals surface area (Å²) in [5.74, 6) is -0.296. The summed E-state index contributed by atoms with van der Waals surface area (Å²) in [4.78, 5) is 17.0. The van der Waals surface area contributed by atoms with E-state index in [0.29, 0.717) is 27.0 Å². The van der Waals surface area contributed by atoms with Crippen molar-refractivity contribution in [3.05, 3.63) is 95.0 Å². The van der Waals surface area contributed by atoms with Gasteiger partial charge in [0.2, 0.25) is 0 Å². The molecule has 5 aromatic rings. The molecule has 0 spiro atoms. The summed E-state index contributed by atoms with van der Waals surface area (Å²) >= 11 is 7.14. The van der Waals surface area contributed by atoms with Crippen LogP contribution in [-0.2, 0) is 0 Å². The van der Waals surface area contributed by atoms with Gasteiger partial charge in [-0.15, -0.1) is 11.3 Å². The normalized spacial score (nSPS) is 10.9. The van der Waals surface area contributed by atoms with Gasteiger partial charge in [-0.3, -0.25) is 0 Å². The predicted molar refractivity (Wildman–Crippen MR) is 134 cm³/mol. The van der Waals surface area contributed by atoms with Crippen LogP contribution in [0, 0.1) is 0 Å². The molecule has 0 saturated carbocycles. The molecule has 0 aliphatic rings. The minimum absolute atomic E-state index is 0.158. The summed E-state index contributed by atoms with van der Waals surface area (Å²) in [6.45, 7) is 0. The second kappa shape index (κ2) is 9.13. The van der Waals surface area contributed by atoms with Crippen molar-refractivity contribution in [1.82, 2.24) is 14.8 Å². The van der Waals surface area contributed by atoms with E-state index in [1.165, 1.54) is 0 Å². The van der Waals surface area contributed by atoms with Gasteiger partial charge in [0, 0.05) is 22.3 Å². The van der Waals surface area contributed by atoms with E-state index in [9.17, 15) is 9.90 Å². The van der Waals surface area contributed by atoms with E-state index in [1.54, 1.807) is 36.1 Å². The van der Waals surface area contributed by atoms with Crippen LogP contribution in [0.5, 0.6) is 5.75 Å². The van der Waals surface area contributed by atoms with Gasteiger partial charge in [-0.2, -0.15) is 5.10 Å². The SMILES string of the molecule is COc1ccc(-c2nn(-c3ccccc3)cc2-c2nc(-c3ccc(Cl)cc3)c(C(=O)O)s2)cc1. The van der Waals surface area contributed by atoms with Crippen LogP contribution in [0.1, 0.15) is 9.67 Å². The molecule has 0 fully saturated rings. The van der Waals surface area contributed by atoms with Crippen molar-refractivity contribution in [2.45, 2.75) is 0 Å². The first-order valence-corrected chi connectivity index (χ1v) is 11.5. The average molecular weight is 488 g/mol. The standard InChI is InChI=1S/C26H18ClN3O3S/c1-33-20-13-9-16(10-14-20)22-21(15-30(29-22)19-5-3-2-4-6-19)25-28-23(24(34-25)26(31)32)17-7-11-18(27)12-8-17/h2-15H,1H3,(H,31,32). The Morgan fingerprint density at radius 3 is 2.24 bits per heavy atom. The van der Waals surface area contributed by atoms with Gasteiger partial charge >= 0.3 is 5.97 Å². The van der Waals surface area contributed by atoms with Crippen molar-refractivity contribution in [2.75, 3.05) is 7.11 Å². The number of aromatic carboxylic acids is 1. The van der Waals surface area contributed by atoms with Gasteiger partial charge in [-0.1, -0.05) is 41.9 Å². The Balaban J connectivity index is 1.69. The number of methoxy groups -OCH3 is 1. The van der Waals surface area contributed by atoms with Crippen LogP contribution in [0.2, 0.25) is 5.02 Å². The number of halogens is 1. The fourth-order valence-corrected chi connectivity index (χ4v) is 4.65. The van der Waals surface area contributed by atoms with Gasteiger partial charge in [0.25, 0.3) is 0 Å². The summed E-state index contributed by atoms with van der Waals surface area (Å²) in [6.07, 6.45) is 1.88. The molecular weight excluding hydrogens is 470 g/mol. The molecule has 0 unspecified atom stereocenters. The zero-order chi connectivity index (χ0) is 23.7. The average Bonchev–Trinajstić information content (AvgIpc) is 3.50. The zero-order valence-electron chi connectivity index (χ0n) is 18.0. The minimum atomic E-state index is -1.03. The van der Waals surface area contributed by atoms with Gasteiger partial charge in [0.1, 0.15) is 21.3 Å². The molecule has 168 valence electrons. The maximum absolute atomic E-state index is 12.1. The van der Waals surface area contributed by atoms with E-state index in [0.717, 1.165) is 33.9 Å². The van der Waals surface area contributed by atoms with Crippen molar-refractivity contribution in [1.29, 1.82) is 0 Å². The van der Waals surface area contributed by atoms with E-state index in [4.69, 9.17) is 26.4 Å². The van der Waals surface area contributed by atoms with Crippen molar-refractivity contribution in [3.63, 3.8) is 0 Å². The van der Waals surface area contributed by atoms with E-state index in [2.05, 4.69) is 0 Å². The summed E-state index contributed by atoms with van der Waals surface area (Å²) in [5, 5.41) is 15.8. The maximum atomic E-state index is 12.1. The highest BCUT2D eigenvalue weighted by atomic mass is 35.5. The number of nitrogens with zero attached hydrogens (tertiary/aromatic N) is 3. The van der Waals surface area contributed by atoms with E-state index in [1.807, 2.05) is 60.8 Å². The molecule has 0 radical (unpaired) electrons. The number of carbonyl (C=O) groups is 1. The monoisotopic (exact) mass is 487 g/mol. The summed E-state index contributed by atoms with van der Waals surface area (Å²) < 4.78 is 7.06. The van der Waals surface area contributed by atoms with Crippen molar-refractivity contribution in [3.8, 4) is 44.5 Å². The lowest BCUT2D eigenvalue weighted by Gasteiger charge is -2.03.